The number of benzene rings is 2. The lowest BCUT2D eigenvalue weighted by Crippen LogP contribution is -2.19. The van der Waals surface area contributed by atoms with Gasteiger partial charge < -0.3 is 20.1 Å². The Morgan fingerprint density at radius 3 is 2.55 bits per heavy atom. The molecule has 1 aromatic heterocycles. The first-order valence-corrected chi connectivity index (χ1v) is 10.0. The van der Waals surface area contributed by atoms with E-state index in [1.807, 2.05) is 74.1 Å². The van der Waals surface area contributed by atoms with Crippen molar-refractivity contribution in [3.05, 3.63) is 66.0 Å². The number of hydrogen-bond donors (Lipinski definition) is 2. The minimum Gasteiger partial charge on any atom is -0.490 e. The number of ether oxygens (including phenoxy) is 2. The van der Waals surface area contributed by atoms with Crippen LogP contribution in [0.25, 0.3) is 0 Å². The molecule has 0 unspecified atom stereocenters. The van der Waals surface area contributed by atoms with E-state index in [0.717, 1.165) is 34.0 Å². The summed E-state index contributed by atoms with van der Waals surface area (Å²) in [4.78, 5) is 0. The maximum atomic E-state index is 5.70. The Hall–Kier alpha value is -3.06. The quantitative estimate of drug-likeness (QED) is 0.518. The Bertz CT molecular complexity index is 971. The average Bonchev–Trinajstić information content (AvgIpc) is 3.12. The highest BCUT2D eigenvalue weighted by molar-refractivity contribution is 7.80. The lowest BCUT2D eigenvalue weighted by atomic mass is 10.2. The minimum absolute atomic E-state index is 0.526. The second-order valence-corrected chi connectivity index (χ2v) is 6.88. The number of anilines is 2. The van der Waals surface area contributed by atoms with Crippen LogP contribution in [0.4, 0.5) is 11.4 Å². The van der Waals surface area contributed by atoms with E-state index in [2.05, 4.69) is 15.7 Å². The minimum atomic E-state index is 0.526. The molecular weight excluding hydrogens is 384 g/mol. The van der Waals surface area contributed by atoms with Crippen molar-refractivity contribution < 1.29 is 9.47 Å². The van der Waals surface area contributed by atoms with Crippen molar-refractivity contribution in [2.75, 3.05) is 23.8 Å². The zero-order valence-corrected chi connectivity index (χ0v) is 17.8. The van der Waals surface area contributed by atoms with Gasteiger partial charge in [-0.05, 0) is 62.3 Å². The van der Waals surface area contributed by atoms with Crippen LogP contribution >= 0.6 is 12.2 Å². The summed E-state index contributed by atoms with van der Waals surface area (Å²) < 4.78 is 13.2. The zero-order chi connectivity index (χ0) is 20.6. The molecule has 0 fully saturated rings. The van der Waals surface area contributed by atoms with Crippen LogP contribution in [0.15, 0.2) is 54.9 Å². The fourth-order valence-electron chi connectivity index (χ4n) is 2.89. The summed E-state index contributed by atoms with van der Waals surface area (Å²) in [5, 5.41) is 11.3. The van der Waals surface area contributed by atoms with Crippen LogP contribution in [0, 0.1) is 6.92 Å². The number of nitrogens with zero attached hydrogens (tertiary/aromatic N) is 2. The van der Waals surface area contributed by atoms with Gasteiger partial charge in [-0.25, -0.2) is 0 Å². The highest BCUT2D eigenvalue weighted by Gasteiger charge is 2.08. The summed E-state index contributed by atoms with van der Waals surface area (Å²) in [7, 11) is 0. The van der Waals surface area contributed by atoms with Crippen LogP contribution in [0.1, 0.15) is 25.0 Å². The Morgan fingerprint density at radius 1 is 1.03 bits per heavy atom. The number of aryl methyl sites for hydroxylation is 1. The molecule has 0 bridgehead atoms. The molecule has 0 amide bonds. The van der Waals surface area contributed by atoms with Gasteiger partial charge in [0, 0.05) is 11.9 Å². The van der Waals surface area contributed by atoms with Crippen LogP contribution in [0.5, 0.6) is 11.5 Å². The third kappa shape index (κ3) is 5.71. The second kappa shape index (κ2) is 9.93. The number of thiocarbonyl (C=S) groups is 1. The Morgan fingerprint density at radius 2 is 1.79 bits per heavy atom. The summed E-state index contributed by atoms with van der Waals surface area (Å²) in [6.07, 6.45) is 3.67. The number of aromatic nitrogens is 2. The first-order chi connectivity index (χ1) is 14.1. The largest absolute Gasteiger partial charge is 0.490 e. The van der Waals surface area contributed by atoms with Crippen molar-refractivity contribution in [2.24, 2.45) is 0 Å². The van der Waals surface area contributed by atoms with Gasteiger partial charge in [0.1, 0.15) is 0 Å². The molecule has 0 saturated heterocycles. The lowest BCUT2D eigenvalue weighted by molar-refractivity contribution is 0.287. The standard InChI is InChI=1S/C22H26N4O2S/c1-4-27-20-11-10-17(12-21(20)28-5-2)14-26-15-18(13-23-26)24-22(29)25-19-9-7-6-8-16(19)3/h6-13,15H,4-5,14H2,1-3H3,(H2,24,25,29). The summed E-state index contributed by atoms with van der Waals surface area (Å²) in [5.74, 6) is 1.51. The van der Waals surface area contributed by atoms with E-state index in [1.165, 1.54) is 0 Å². The van der Waals surface area contributed by atoms with Gasteiger partial charge >= 0.3 is 0 Å². The smallest absolute Gasteiger partial charge is 0.175 e. The van der Waals surface area contributed by atoms with Crippen molar-refractivity contribution in [3.63, 3.8) is 0 Å². The van der Waals surface area contributed by atoms with Crippen molar-refractivity contribution in [2.45, 2.75) is 27.3 Å². The van der Waals surface area contributed by atoms with Crippen molar-refractivity contribution in [1.29, 1.82) is 0 Å². The van der Waals surface area contributed by atoms with E-state index >= 15 is 0 Å². The first-order valence-electron chi connectivity index (χ1n) is 9.63. The molecule has 152 valence electrons. The number of hydrogen-bond acceptors (Lipinski definition) is 4. The van der Waals surface area contributed by atoms with E-state index in [4.69, 9.17) is 21.7 Å². The van der Waals surface area contributed by atoms with E-state index < -0.39 is 0 Å². The molecule has 0 radical (unpaired) electrons. The molecule has 29 heavy (non-hydrogen) atoms. The van der Waals surface area contributed by atoms with E-state index in [9.17, 15) is 0 Å². The van der Waals surface area contributed by atoms with E-state index in [0.29, 0.717) is 24.9 Å². The molecule has 1 heterocycles. The molecule has 0 aliphatic heterocycles. The molecule has 3 rings (SSSR count). The molecular formula is C22H26N4O2S. The number of rotatable bonds is 8. The van der Waals surface area contributed by atoms with Crippen molar-refractivity contribution >= 4 is 28.7 Å². The van der Waals surface area contributed by atoms with Crippen LogP contribution in [0.2, 0.25) is 0 Å². The molecule has 2 aromatic carbocycles. The molecule has 0 aliphatic rings. The summed E-state index contributed by atoms with van der Waals surface area (Å²) in [6.45, 7) is 7.76. The van der Waals surface area contributed by atoms with Gasteiger partial charge in [0.05, 0.1) is 31.6 Å². The maximum Gasteiger partial charge on any atom is 0.175 e. The molecule has 2 N–H and O–H groups in total. The summed E-state index contributed by atoms with van der Waals surface area (Å²) in [5.41, 5.74) is 4.02. The second-order valence-electron chi connectivity index (χ2n) is 6.47. The normalized spacial score (nSPS) is 10.4. The Kier molecular flexibility index (Phi) is 7.08. The SMILES string of the molecule is CCOc1ccc(Cn2cc(NC(=S)Nc3ccccc3C)cn2)cc1OCC. The Balaban J connectivity index is 1.63. The fourth-order valence-corrected chi connectivity index (χ4v) is 3.12. The highest BCUT2D eigenvalue weighted by atomic mass is 32.1. The van der Waals surface area contributed by atoms with E-state index in [1.54, 1.807) is 6.20 Å². The van der Waals surface area contributed by atoms with Crippen LogP contribution < -0.4 is 20.1 Å². The topological polar surface area (TPSA) is 60.3 Å². The molecule has 0 saturated carbocycles. The van der Waals surface area contributed by atoms with Gasteiger partial charge in [-0.3, -0.25) is 4.68 Å². The molecule has 0 atom stereocenters. The maximum absolute atomic E-state index is 5.70. The predicted octanol–water partition coefficient (Wildman–Crippen LogP) is 4.85. The molecule has 6 nitrogen and oxygen atoms in total. The van der Waals surface area contributed by atoms with Crippen molar-refractivity contribution in [3.8, 4) is 11.5 Å². The monoisotopic (exact) mass is 410 g/mol. The number of para-hydroxylation sites is 1. The predicted molar refractivity (Wildman–Crippen MR) is 121 cm³/mol. The van der Waals surface area contributed by atoms with Crippen LogP contribution in [-0.2, 0) is 6.54 Å². The molecule has 0 spiro atoms. The third-order valence-corrected chi connectivity index (χ3v) is 4.44. The first kappa shape index (κ1) is 20.7. The molecule has 7 heteroatoms. The van der Waals surface area contributed by atoms with Crippen molar-refractivity contribution in [1.82, 2.24) is 9.78 Å². The third-order valence-electron chi connectivity index (χ3n) is 4.24. The zero-order valence-electron chi connectivity index (χ0n) is 16.9. The van der Waals surface area contributed by atoms with Gasteiger partial charge in [-0.1, -0.05) is 24.3 Å². The number of nitrogens with one attached hydrogen (secondary N) is 2. The van der Waals surface area contributed by atoms with Crippen LogP contribution in [-0.4, -0.2) is 28.1 Å². The Labute approximate surface area is 176 Å². The average molecular weight is 411 g/mol. The van der Waals surface area contributed by atoms with Crippen LogP contribution in [0.3, 0.4) is 0 Å². The van der Waals surface area contributed by atoms with Gasteiger partial charge in [0.25, 0.3) is 0 Å². The van der Waals surface area contributed by atoms with E-state index in [-0.39, 0.29) is 0 Å². The summed E-state index contributed by atoms with van der Waals surface area (Å²) in [6, 6.07) is 14.0. The van der Waals surface area contributed by atoms with Gasteiger partial charge in [-0.2, -0.15) is 5.10 Å². The summed E-state index contributed by atoms with van der Waals surface area (Å²) >= 11 is 5.41. The van der Waals surface area contributed by atoms with Gasteiger partial charge in [0.2, 0.25) is 0 Å². The highest BCUT2D eigenvalue weighted by Crippen LogP contribution is 2.29. The molecule has 0 aliphatic carbocycles. The fraction of sp³-hybridized carbons (Fsp3) is 0.273. The van der Waals surface area contributed by atoms with Gasteiger partial charge in [0.15, 0.2) is 16.6 Å². The van der Waals surface area contributed by atoms with Gasteiger partial charge in [-0.15, -0.1) is 0 Å². The molecule has 3 aromatic rings. The lowest BCUT2D eigenvalue weighted by Gasteiger charge is -2.12.